The van der Waals surface area contributed by atoms with Gasteiger partial charge in [-0.15, -0.1) is 0 Å². The lowest BCUT2D eigenvalue weighted by molar-refractivity contribution is 0.457. The van der Waals surface area contributed by atoms with Gasteiger partial charge >= 0.3 is 0 Å². The molecule has 2 aromatic rings. The fourth-order valence-electron chi connectivity index (χ4n) is 1.64. The van der Waals surface area contributed by atoms with Gasteiger partial charge in [0.05, 0.1) is 0 Å². The molecule has 8 N–H and O–H groups in total. The first kappa shape index (κ1) is 11.7. The zero-order valence-electron chi connectivity index (χ0n) is 9.25. The van der Waals surface area contributed by atoms with Gasteiger partial charge in [0.1, 0.15) is 34.4 Å². The average molecular weight is 248 g/mol. The normalized spacial score (nSPS) is 10.4. The van der Waals surface area contributed by atoms with Crippen LogP contribution >= 0.6 is 0 Å². The molecule has 0 fully saturated rings. The van der Waals surface area contributed by atoms with E-state index in [1.165, 1.54) is 18.2 Å². The van der Waals surface area contributed by atoms with E-state index < -0.39 is 0 Å². The van der Waals surface area contributed by atoms with Crippen molar-refractivity contribution in [1.82, 2.24) is 0 Å². The van der Waals surface area contributed by atoms with E-state index in [4.69, 9.17) is 11.5 Å². The van der Waals surface area contributed by atoms with Crippen molar-refractivity contribution < 1.29 is 20.4 Å². The maximum Gasteiger partial charge on any atom is 0.148 e. The zero-order valence-corrected chi connectivity index (χ0v) is 9.25. The molecule has 2 aromatic carbocycles. The monoisotopic (exact) mass is 248 g/mol. The molecule has 0 aliphatic rings. The first-order valence-electron chi connectivity index (χ1n) is 5.04. The number of anilines is 2. The van der Waals surface area contributed by atoms with E-state index in [2.05, 4.69) is 0 Å². The minimum atomic E-state index is -0.369. The molecule has 0 atom stereocenters. The van der Waals surface area contributed by atoms with Crippen molar-refractivity contribution in [3.05, 3.63) is 24.3 Å². The number of nitrogens with two attached hydrogens (primary N) is 2. The van der Waals surface area contributed by atoms with Crippen molar-refractivity contribution in [3.8, 4) is 34.1 Å². The fraction of sp³-hybridized carbons (Fsp3) is 0. The molecule has 18 heavy (non-hydrogen) atoms. The minimum Gasteiger partial charge on any atom is -0.508 e. The number of rotatable bonds is 1. The Balaban J connectivity index is 2.75. The highest BCUT2D eigenvalue weighted by Gasteiger charge is 2.17. The van der Waals surface area contributed by atoms with Crippen LogP contribution in [0.5, 0.6) is 23.0 Å². The Bertz CT molecular complexity index is 626. The molecule has 0 saturated heterocycles. The summed E-state index contributed by atoms with van der Waals surface area (Å²) in [5.41, 5.74) is 10.9. The Morgan fingerprint density at radius 2 is 1.39 bits per heavy atom. The molecule has 6 heteroatoms. The van der Waals surface area contributed by atoms with Crippen LogP contribution in [0.1, 0.15) is 0 Å². The zero-order chi connectivity index (χ0) is 13.4. The van der Waals surface area contributed by atoms with Crippen molar-refractivity contribution in [1.29, 1.82) is 0 Å². The van der Waals surface area contributed by atoms with Crippen molar-refractivity contribution in [2.24, 2.45) is 0 Å². The van der Waals surface area contributed by atoms with Crippen LogP contribution in [0.2, 0.25) is 0 Å². The Labute approximate surface area is 102 Å². The number of nitrogen functional groups attached to an aromatic ring is 2. The summed E-state index contributed by atoms with van der Waals surface area (Å²) in [6, 6.07) is 4.94. The number of benzene rings is 2. The van der Waals surface area contributed by atoms with Crippen molar-refractivity contribution in [3.63, 3.8) is 0 Å². The molecular weight excluding hydrogens is 236 g/mol. The number of hydrogen-bond acceptors (Lipinski definition) is 6. The van der Waals surface area contributed by atoms with Crippen LogP contribution in [0.3, 0.4) is 0 Å². The van der Waals surface area contributed by atoms with Gasteiger partial charge in [-0.2, -0.15) is 0 Å². The molecule has 0 aromatic heterocycles. The summed E-state index contributed by atoms with van der Waals surface area (Å²) in [5, 5.41) is 38.5. The van der Waals surface area contributed by atoms with Crippen molar-refractivity contribution >= 4 is 11.4 Å². The van der Waals surface area contributed by atoms with Crippen LogP contribution in [0, 0.1) is 0 Å². The standard InChI is InChI=1S/C12H12N2O4/c13-10-9(17)4-7(12(18)11(10)14)6-3-5(15)1-2-8(6)16/h1-4,15-18H,13-14H2. The van der Waals surface area contributed by atoms with Crippen molar-refractivity contribution in [2.75, 3.05) is 11.5 Å². The Kier molecular flexibility index (Phi) is 2.55. The quantitative estimate of drug-likeness (QED) is 0.256. The van der Waals surface area contributed by atoms with E-state index in [-0.39, 0.29) is 45.5 Å². The summed E-state index contributed by atoms with van der Waals surface area (Å²) in [4.78, 5) is 0. The maximum atomic E-state index is 9.86. The number of aromatic hydroxyl groups is 4. The summed E-state index contributed by atoms with van der Waals surface area (Å²) in [5.74, 6) is -0.960. The minimum absolute atomic E-state index is 0.0765. The highest BCUT2D eigenvalue weighted by atomic mass is 16.3. The van der Waals surface area contributed by atoms with Gasteiger partial charge in [-0.3, -0.25) is 0 Å². The second-order valence-corrected chi connectivity index (χ2v) is 3.82. The second-order valence-electron chi connectivity index (χ2n) is 3.82. The molecule has 94 valence electrons. The van der Waals surface area contributed by atoms with Gasteiger partial charge in [0.2, 0.25) is 0 Å². The summed E-state index contributed by atoms with van der Waals surface area (Å²) in [6.45, 7) is 0. The van der Waals surface area contributed by atoms with Gasteiger partial charge in [0.25, 0.3) is 0 Å². The fourth-order valence-corrected chi connectivity index (χ4v) is 1.64. The highest BCUT2D eigenvalue weighted by Crippen LogP contribution is 2.45. The Morgan fingerprint density at radius 3 is 2.06 bits per heavy atom. The average Bonchev–Trinajstić information content (AvgIpc) is 2.34. The van der Waals surface area contributed by atoms with Crippen LogP contribution < -0.4 is 11.5 Å². The second kappa shape index (κ2) is 3.92. The maximum absolute atomic E-state index is 9.86. The molecule has 0 radical (unpaired) electrons. The predicted octanol–water partition coefficient (Wildman–Crippen LogP) is 1.34. The summed E-state index contributed by atoms with van der Waals surface area (Å²) < 4.78 is 0. The first-order chi connectivity index (χ1) is 8.41. The lowest BCUT2D eigenvalue weighted by Gasteiger charge is -2.12. The molecule has 0 unspecified atom stereocenters. The number of hydrogen-bond donors (Lipinski definition) is 6. The van der Waals surface area contributed by atoms with Gasteiger partial charge in [-0.1, -0.05) is 0 Å². The van der Waals surface area contributed by atoms with Crippen LogP contribution in [0.4, 0.5) is 11.4 Å². The summed E-state index contributed by atoms with van der Waals surface area (Å²) in [6.07, 6.45) is 0. The van der Waals surface area contributed by atoms with Crippen LogP contribution in [-0.4, -0.2) is 20.4 Å². The third kappa shape index (κ3) is 1.69. The van der Waals surface area contributed by atoms with E-state index in [0.717, 1.165) is 6.07 Å². The van der Waals surface area contributed by atoms with Crippen LogP contribution in [0.25, 0.3) is 11.1 Å². The van der Waals surface area contributed by atoms with E-state index >= 15 is 0 Å². The molecule has 0 aliphatic carbocycles. The smallest absolute Gasteiger partial charge is 0.148 e. The van der Waals surface area contributed by atoms with Gasteiger partial charge < -0.3 is 31.9 Å². The van der Waals surface area contributed by atoms with E-state index in [1.807, 2.05) is 0 Å². The van der Waals surface area contributed by atoms with E-state index in [0.29, 0.717) is 0 Å². The van der Waals surface area contributed by atoms with Crippen molar-refractivity contribution in [2.45, 2.75) is 0 Å². The van der Waals surface area contributed by atoms with Crippen LogP contribution in [-0.2, 0) is 0 Å². The van der Waals surface area contributed by atoms with Gasteiger partial charge in [0, 0.05) is 11.1 Å². The summed E-state index contributed by atoms with van der Waals surface area (Å²) in [7, 11) is 0. The third-order valence-electron chi connectivity index (χ3n) is 2.63. The largest absolute Gasteiger partial charge is 0.508 e. The molecule has 0 spiro atoms. The number of phenols is 4. The molecule has 0 saturated carbocycles. The Morgan fingerprint density at radius 1 is 0.722 bits per heavy atom. The lowest BCUT2D eigenvalue weighted by atomic mass is 10.0. The highest BCUT2D eigenvalue weighted by molar-refractivity contribution is 5.89. The third-order valence-corrected chi connectivity index (χ3v) is 2.63. The van der Waals surface area contributed by atoms with E-state index in [1.54, 1.807) is 0 Å². The summed E-state index contributed by atoms with van der Waals surface area (Å²) >= 11 is 0. The van der Waals surface area contributed by atoms with E-state index in [9.17, 15) is 20.4 Å². The SMILES string of the molecule is Nc1c(O)cc(-c2cc(O)ccc2O)c(O)c1N. The number of phenolic OH excluding ortho intramolecular Hbond substituents is 4. The molecular formula is C12H12N2O4. The molecule has 0 bridgehead atoms. The van der Waals surface area contributed by atoms with Gasteiger partial charge in [-0.25, -0.2) is 0 Å². The Hall–Kier alpha value is -2.76. The first-order valence-corrected chi connectivity index (χ1v) is 5.04. The van der Waals surface area contributed by atoms with Gasteiger partial charge in [0.15, 0.2) is 0 Å². The lowest BCUT2D eigenvalue weighted by Crippen LogP contribution is -1.97. The van der Waals surface area contributed by atoms with Crippen LogP contribution in [0.15, 0.2) is 24.3 Å². The molecule has 0 aliphatic heterocycles. The molecule has 6 nitrogen and oxygen atoms in total. The predicted molar refractivity (Wildman–Crippen MR) is 67.4 cm³/mol. The molecule has 0 heterocycles. The van der Waals surface area contributed by atoms with Gasteiger partial charge in [-0.05, 0) is 24.3 Å². The topological polar surface area (TPSA) is 133 Å². The molecule has 2 rings (SSSR count). The molecule has 0 amide bonds.